The van der Waals surface area contributed by atoms with E-state index in [2.05, 4.69) is 0 Å². The number of nitrogen functional groups attached to an aromatic ring is 1. The van der Waals surface area contributed by atoms with Crippen LogP contribution in [0.2, 0.25) is 5.02 Å². The lowest BCUT2D eigenvalue weighted by Gasteiger charge is -2.09. The van der Waals surface area contributed by atoms with Crippen LogP contribution < -0.4 is 5.73 Å². The lowest BCUT2D eigenvalue weighted by atomic mass is 9.95. The van der Waals surface area contributed by atoms with Crippen molar-refractivity contribution < 1.29 is 4.42 Å². The molecule has 78 valence electrons. The Morgan fingerprint density at radius 1 is 1.20 bits per heavy atom. The number of halogens is 1. The highest BCUT2D eigenvalue weighted by molar-refractivity contribution is 6.34. The first-order chi connectivity index (χ1) is 7.27. The molecule has 2 aromatic rings. The maximum absolute atomic E-state index is 6.02. The molecule has 1 aromatic carbocycles. The quantitative estimate of drug-likeness (QED) is 0.691. The minimum absolute atomic E-state index is 0.622. The molecule has 0 radical (unpaired) electrons. The van der Waals surface area contributed by atoms with E-state index >= 15 is 0 Å². The standard InChI is InChI=1S/C12H12ClNO/c13-8-5-6-10-11(12(8)14)7-3-1-2-4-9(7)15-10/h5-6H,1-4,14H2. The summed E-state index contributed by atoms with van der Waals surface area (Å²) in [6, 6.07) is 3.71. The van der Waals surface area contributed by atoms with E-state index in [9.17, 15) is 0 Å². The van der Waals surface area contributed by atoms with Crippen molar-refractivity contribution in [2.45, 2.75) is 25.7 Å². The average molecular weight is 222 g/mol. The Bertz CT molecular complexity index is 530. The number of anilines is 1. The fraction of sp³-hybridized carbons (Fsp3) is 0.333. The number of fused-ring (bicyclic) bond motifs is 3. The van der Waals surface area contributed by atoms with E-state index in [-0.39, 0.29) is 0 Å². The number of hydrogen-bond acceptors (Lipinski definition) is 2. The summed E-state index contributed by atoms with van der Waals surface area (Å²) in [5, 5.41) is 1.66. The van der Waals surface area contributed by atoms with Gasteiger partial charge in [0.1, 0.15) is 11.3 Å². The van der Waals surface area contributed by atoms with Crippen LogP contribution in [-0.4, -0.2) is 0 Å². The van der Waals surface area contributed by atoms with E-state index in [0.717, 1.165) is 29.6 Å². The minimum Gasteiger partial charge on any atom is -0.461 e. The van der Waals surface area contributed by atoms with Crippen LogP contribution in [0.1, 0.15) is 24.2 Å². The SMILES string of the molecule is Nc1c(Cl)ccc2oc3c(c12)CCCC3. The van der Waals surface area contributed by atoms with E-state index in [1.165, 1.54) is 18.4 Å². The molecule has 3 heteroatoms. The summed E-state index contributed by atoms with van der Waals surface area (Å²) in [5.74, 6) is 1.10. The van der Waals surface area contributed by atoms with Gasteiger partial charge < -0.3 is 10.2 Å². The predicted molar refractivity (Wildman–Crippen MR) is 62.3 cm³/mol. The molecule has 1 aromatic heterocycles. The van der Waals surface area contributed by atoms with Gasteiger partial charge in [0.05, 0.1) is 10.7 Å². The van der Waals surface area contributed by atoms with E-state index in [0.29, 0.717) is 10.7 Å². The van der Waals surface area contributed by atoms with Gasteiger partial charge in [-0.3, -0.25) is 0 Å². The normalized spacial score (nSPS) is 15.5. The second kappa shape index (κ2) is 3.17. The smallest absolute Gasteiger partial charge is 0.136 e. The van der Waals surface area contributed by atoms with Crippen LogP contribution in [0.15, 0.2) is 16.5 Å². The molecule has 3 rings (SSSR count). The van der Waals surface area contributed by atoms with Gasteiger partial charge in [-0.25, -0.2) is 0 Å². The maximum Gasteiger partial charge on any atom is 0.136 e. The van der Waals surface area contributed by atoms with Crippen molar-refractivity contribution >= 4 is 28.3 Å². The van der Waals surface area contributed by atoms with Gasteiger partial charge in [0.25, 0.3) is 0 Å². The van der Waals surface area contributed by atoms with Gasteiger partial charge in [-0.1, -0.05) is 11.6 Å². The molecule has 0 aliphatic heterocycles. The van der Waals surface area contributed by atoms with Gasteiger partial charge in [-0.2, -0.15) is 0 Å². The number of benzene rings is 1. The van der Waals surface area contributed by atoms with E-state index in [1.807, 2.05) is 6.07 Å². The summed E-state index contributed by atoms with van der Waals surface area (Å²) >= 11 is 6.02. The third-order valence-corrected chi connectivity index (χ3v) is 3.44. The van der Waals surface area contributed by atoms with Crippen molar-refractivity contribution in [2.24, 2.45) is 0 Å². The zero-order valence-corrected chi connectivity index (χ0v) is 9.10. The lowest BCUT2D eigenvalue weighted by Crippen LogP contribution is -1.99. The zero-order chi connectivity index (χ0) is 10.4. The molecule has 0 saturated heterocycles. The Morgan fingerprint density at radius 3 is 2.87 bits per heavy atom. The molecule has 1 heterocycles. The highest BCUT2D eigenvalue weighted by atomic mass is 35.5. The van der Waals surface area contributed by atoms with Gasteiger partial charge in [0, 0.05) is 17.4 Å². The molecular weight excluding hydrogens is 210 g/mol. The van der Waals surface area contributed by atoms with Crippen LogP contribution in [0.25, 0.3) is 11.0 Å². The molecule has 0 spiro atoms. The van der Waals surface area contributed by atoms with E-state index in [4.69, 9.17) is 21.8 Å². The number of rotatable bonds is 0. The van der Waals surface area contributed by atoms with Crippen LogP contribution >= 0.6 is 11.6 Å². The topological polar surface area (TPSA) is 39.2 Å². The van der Waals surface area contributed by atoms with Gasteiger partial charge in [-0.05, 0) is 31.4 Å². The zero-order valence-electron chi connectivity index (χ0n) is 8.35. The first-order valence-electron chi connectivity index (χ1n) is 5.25. The average Bonchev–Trinajstić information content (AvgIpc) is 2.62. The van der Waals surface area contributed by atoms with Crippen LogP contribution in [-0.2, 0) is 12.8 Å². The largest absolute Gasteiger partial charge is 0.461 e. The fourth-order valence-corrected chi connectivity index (χ4v) is 2.52. The number of furan rings is 1. The summed E-state index contributed by atoms with van der Waals surface area (Å²) in [6.07, 6.45) is 4.52. The number of nitrogens with two attached hydrogens (primary N) is 1. The first-order valence-corrected chi connectivity index (χ1v) is 5.63. The molecule has 1 aliphatic carbocycles. The van der Waals surface area contributed by atoms with Crippen molar-refractivity contribution in [1.82, 2.24) is 0 Å². The summed E-state index contributed by atoms with van der Waals surface area (Å²) < 4.78 is 5.79. The predicted octanol–water partition coefficient (Wildman–Crippen LogP) is 3.55. The monoisotopic (exact) mass is 221 g/mol. The van der Waals surface area contributed by atoms with E-state index in [1.54, 1.807) is 6.07 Å². The maximum atomic E-state index is 6.02. The van der Waals surface area contributed by atoms with Gasteiger partial charge in [0.2, 0.25) is 0 Å². The molecule has 0 saturated carbocycles. The van der Waals surface area contributed by atoms with Crippen molar-refractivity contribution in [1.29, 1.82) is 0 Å². The molecule has 0 fully saturated rings. The van der Waals surface area contributed by atoms with Gasteiger partial charge in [-0.15, -0.1) is 0 Å². The second-order valence-electron chi connectivity index (χ2n) is 4.05. The van der Waals surface area contributed by atoms with Gasteiger partial charge >= 0.3 is 0 Å². The molecule has 0 amide bonds. The summed E-state index contributed by atoms with van der Waals surface area (Å²) in [7, 11) is 0. The Labute approximate surface area is 93.0 Å². The van der Waals surface area contributed by atoms with Crippen molar-refractivity contribution in [3.8, 4) is 0 Å². The highest BCUT2D eigenvalue weighted by Crippen LogP contribution is 2.37. The van der Waals surface area contributed by atoms with Crippen molar-refractivity contribution in [3.63, 3.8) is 0 Å². The second-order valence-corrected chi connectivity index (χ2v) is 4.45. The van der Waals surface area contributed by atoms with Crippen LogP contribution in [0.5, 0.6) is 0 Å². The lowest BCUT2D eigenvalue weighted by molar-refractivity contribution is 0.506. The Morgan fingerprint density at radius 2 is 2.00 bits per heavy atom. The third kappa shape index (κ3) is 1.25. The van der Waals surface area contributed by atoms with Crippen molar-refractivity contribution in [2.75, 3.05) is 5.73 Å². The summed E-state index contributed by atoms with van der Waals surface area (Å²) in [4.78, 5) is 0. The highest BCUT2D eigenvalue weighted by Gasteiger charge is 2.20. The summed E-state index contributed by atoms with van der Waals surface area (Å²) in [5.41, 5.74) is 8.82. The molecule has 2 nitrogen and oxygen atoms in total. The molecule has 0 atom stereocenters. The number of hydrogen-bond donors (Lipinski definition) is 1. The van der Waals surface area contributed by atoms with Crippen LogP contribution in [0.4, 0.5) is 5.69 Å². The first kappa shape index (κ1) is 9.10. The van der Waals surface area contributed by atoms with Gasteiger partial charge in [0.15, 0.2) is 0 Å². The Kier molecular flexibility index (Phi) is 1.93. The fourth-order valence-electron chi connectivity index (χ4n) is 2.36. The Balaban J connectivity index is 2.39. The van der Waals surface area contributed by atoms with Crippen molar-refractivity contribution in [3.05, 3.63) is 28.5 Å². The Hall–Kier alpha value is -1.15. The molecule has 1 aliphatic rings. The van der Waals surface area contributed by atoms with Crippen LogP contribution in [0.3, 0.4) is 0 Å². The number of aryl methyl sites for hydroxylation is 2. The molecular formula is C12H12ClNO. The molecule has 0 unspecified atom stereocenters. The molecule has 0 bridgehead atoms. The summed E-state index contributed by atoms with van der Waals surface area (Å²) in [6.45, 7) is 0. The van der Waals surface area contributed by atoms with Crippen LogP contribution in [0, 0.1) is 0 Å². The molecule has 15 heavy (non-hydrogen) atoms. The molecule has 2 N–H and O–H groups in total. The third-order valence-electron chi connectivity index (χ3n) is 3.11. The minimum atomic E-state index is 0.622. The van der Waals surface area contributed by atoms with E-state index < -0.39 is 0 Å².